The minimum Gasteiger partial charge on any atom is -0.463 e. The highest BCUT2D eigenvalue weighted by Gasteiger charge is 2.32. The number of ether oxygens (including phenoxy) is 3. The predicted molar refractivity (Wildman–Crippen MR) is 82.4 cm³/mol. The van der Waals surface area contributed by atoms with Crippen molar-refractivity contribution in [2.24, 2.45) is 0 Å². The quantitative estimate of drug-likeness (QED) is 0.223. The first kappa shape index (κ1) is 16.9. The molecule has 0 amide bonds. The Morgan fingerprint density at radius 1 is 1.47 bits per heavy atom. The summed E-state index contributed by atoms with van der Waals surface area (Å²) >= 11 is 2.34. The molecule has 0 saturated carbocycles. The maximum Gasteiger partial charge on any atom is 0.333 e. The van der Waals surface area contributed by atoms with Gasteiger partial charge in [0.15, 0.2) is 5.79 Å². The molecule has 0 N–H and O–H groups in total. The molecular formula is C14H23IO4. The second-order valence-corrected chi connectivity index (χ2v) is 6.00. The van der Waals surface area contributed by atoms with Gasteiger partial charge in [0, 0.05) is 5.57 Å². The van der Waals surface area contributed by atoms with Gasteiger partial charge in [-0.15, -0.1) is 0 Å². The van der Waals surface area contributed by atoms with E-state index in [0.29, 0.717) is 18.8 Å². The fraction of sp³-hybridized carbons (Fsp3) is 0.786. The summed E-state index contributed by atoms with van der Waals surface area (Å²) in [6.07, 6.45) is 4.53. The van der Waals surface area contributed by atoms with Gasteiger partial charge in [0.2, 0.25) is 0 Å². The van der Waals surface area contributed by atoms with E-state index in [1.807, 2.05) is 26.8 Å². The number of hydrogen-bond donors (Lipinski definition) is 0. The molecule has 0 spiro atoms. The molecule has 1 saturated heterocycles. The van der Waals surface area contributed by atoms with Crippen molar-refractivity contribution in [2.45, 2.75) is 51.9 Å². The summed E-state index contributed by atoms with van der Waals surface area (Å²) in [5, 5.41) is 0. The monoisotopic (exact) mass is 382 g/mol. The van der Waals surface area contributed by atoms with Crippen LogP contribution in [0.2, 0.25) is 0 Å². The SMILES string of the molecule is CCOC(=O)/C(=C\[C@H]1COC(C)(C)O1)CCCCI. The van der Waals surface area contributed by atoms with Crippen LogP contribution in [0.25, 0.3) is 0 Å². The summed E-state index contributed by atoms with van der Waals surface area (Å²) in [7, 11) is 0. The van der Waals surface area contributed by atoms with Crippen LogP contribution in [0.3, 0.4) is 0 Å². The maximum atomic E-state index is 11.9. The average Bonchev–Trinajstić information content (AvgIpc) is 2.68. The summed E-state index contributed by atoms with van der Waals surface area (Å²) in [5.74, 6) is -0.798. The van der Waals surface area contributed by atoms with Crippen LogP contribution in [0.15, 0.2) is 11.6 Å². The van der Waals surface area contributed by atoms with Crippen LogP contribution in [0, 0.1) is 0 Å². The maximum absolute atomic E-state index is 11.9. The van der Waals surface area contributed by atoms with Gasteiger partial charge in [-0.05, 0) is 50.5 Å². The highest BCUT2D eigenvalue weighted by Crippen LogP contribution is 2.24. The lowest BCUT2D eigenvalue weighted by atomic mass is 10.1. The van der Waals surface area contributed by atoms with Gasteiger partial charge in [-0.1, -0.05) is 22.6 Å². The van der Waals surface area contributed by atoms with Crippen molar-refractivity contribution in [3.8, 4) is 0 Å². The zero-order valence-electron chi connectivity index (χ0n) is 11.9. The number of carbonyl (C=O) groups is 1. The Balaban J connectivity index is 2.63. The Morgan fingerprint density at radius 3 is 2.74 bits per heavy atom. The molecular weight excluding hydrogens is 359 g/mol. The summed E-state index contributed by atoms with van der Waals surface area (Å²) < 4.78 is 17.4. The topological polar surface area (TPSA) is 44.8 Å². The minimum absolute atomic E-state index is 0.158. The number of hydrogen-bond acceptors (Lipinski definition) is 4. The van der Waals surface area contributed by atoms with Crippen LogP contribution in [0.5, 0.6) is 0 Å². The number of carbonyl (C=O) groups excluding carboxylic acids is 1. The fourth-order valence-electron chi connectivity index (χ4n) is 1.91. The zero-order valence-corrected chi connectivity index (χ0v) is 14.1. The fourth-order valence-corrected chi connectivity index (χ4v) is 2.45. The third-order valence-electron chi connectivity index (χ3n) is 2.78. The molecule has 0 aromatic carbocycles. The Labute approximate surface area is 129 Å². The first-order valence-corrected chi connectivity index (χ1v) is 8.26. The molecule has 1 aliphatic heterocycles. The van der Waals surface area contributed by atoms with Gasteiger partial charge < -0.3 is 14.2 Å². The second kappa shape index (κ2) is 8.21. The van der Waals surface area contributed by atoms with Crippen molar-refractivity contribution in [1.29, 1.82) is 0 Å². The molecule has 0 unspecified atom stereocenters. The molecule has 0 aromatic heterocycles. The van der Waals surface area contributed by atoms with E-state index in [9.17, 15) is 4.79 Å². The van der Waals surface area contributed by atoms with Crippen LogP contribution in [-0.2, 0) is 19.0 Å². The van der Waals surface area contributed by atoms with Crippen molar-refractivity contribution in [2.75, 3.05) is 17.6 Å². The van der Waals surface area contributed by atoms with Gasteiger partial charge in [-0.25, -0.2) is 4.79 Å². The van der Waals surface area contributed by atoms with Gasteiger partial charge in [0.05, 0.1) is 13.2 Å². The normalized spacial score (nSPS) is 22.5. The summed E-state index contributed by atoms with van der Waals surface area (Å²) in [5.41, 5.74) is 0.706. The van der Waals surface area contributed by atoms with E-state index in [1.165, 1.54) is 0 Å². The van der Waals surface area contributed by atoms with Crippen molar-refractivity contribution in [3.63, 3.8) is 0 Å². The molecule has 0 aromatic rings. The van der Waals surface area contributed by atoms with Crippen LogP contribution in [0.4, 0.5) is 0 Å². The molecule has 1 rings (SSSR count). The second-order valence-electron chi connectivity index (χ2n) is 4.93. The number of esters is 1. The van der Waals surface area contributed by atoms with E-state index in [-0.39, 0.29) is 12.1 Å². The number of rotatable bonds is 7. The third-order valence-corrected chi connectivity index (χ3v) is 3.55. The molecule has 1 heterocycles. The van der Waals surface area contributed by atoms with E-state index < -0.39 is 5.79 Å². The molecule has 0 aliphatic carbocycles. The predicted octanol–water partition coefficient (Wildman–Crippen LogP) is 3.23. The van der Waals surface area contributed by atoms with E-state index >= 15 is 0 Å². The third kappa shape index (κ3) is 6.23. The summed E-state index contributed by atoms with van der Waals surface area (Å²) in [6, 6.07) is 0. The van der Waals surface area contributed by atoms with Crippen LogP contribution >= 0.6 is 22.6 Å². The lowest BCUT2D eigenvalue weighted by Crippen LogP contribution is -2.21. The van der Waals surface area contributed by atoms with Crippen molar-refractivity contribution >= 4 is 28.6 Å². The standard InChI is InChI=1S/C14H23IO4/c1-4-17-13(16)11(7-5-6-8-15)9-12-10-18-14(2,3)19-12/h9,12H,4-8,10H2,1-3H3/b11-9-/t12-/m0/s1. The number of halogens is 1. The molecule has 1 atom stereocenters. The lowest BCUT2D eigenvalue weighted by Gasteiger charge is -2.16. The lowest BCUT2D eigenvalue weighted by molar-refractivity contribution is -0.139. The Bertz CT molecular complexity index is 325. The van der Waals surface area contributed by atoms with E-state index in [1.54, 1.807) is 0 Å². The van der Waals surface area contributed by atoms with E-state index in [2.05, 4.69) is 22.6 Å². The van der Waals surface area contributed by atoms with Gasteiger partial charge in [0.25, 0.3) is 0 Å². The van der Waals surface area contributed by atoms with Crippen LogP contribution in [0.1, 0.15) is 40.0 Å². The van der Waals surface area contributed by atoms with Gasteiger partial charge in [-0.2, -0.15) is 0 Å². The highest BCUT2D eigenvalue weighted by molar-refractivity contribution is 14.1. The molecule has 0 bridgehead atoms. The molecule has 1 aliphatic rings. The van der Waals surface area contributed by atoms with E-state index in [4.69, 9.17) is 14.2 Å². The molecule has 19 heavy (non-hydrogen) atoms. The van der Waals surface area contributed by atoms with Gasteiger partial charge in [0.1, 0.15) is 6.10 Å². The van der Waals surface area contributed by atoms with Crippen molar-refractivity contribution in [3.05, 3.63) is 11.6 Å². The number of alkyl halides is 1. The number of unbranched alkanes of at least 4 members (excludes halogenated alkanes) is 1. The Hall–Kier alpha value is -0.140. The summed E-state index contributed by atoms with van der Waals surface area (Å²) in [4.78, 5) is 11.9. The Kier molecular flexibility index (Phi) is 7.31. The Morgan fingerprint density at radius 2 is 2.21 bits per heavy atom. The summed E-state index contributed by atoms with van der Waals surface area (Å²) in [6.45, 7) is 6.46. The van der Waals surface area contributed by atoms with E-state index in [0.717, 1.165) is 23.7 Å². The van der Waals surface area contributed by atoms with Crippen LogP contribution < -0.4 is 0 Å². The molecule has 0 radical (unpaired) electrons. The highest BCUT2D eigenvalue weighted by atomic mass is 127. The zero-order chi connectivity index (χ0) is 14.3. The molecule has 110 valence electrons. The smallest absolute Gasteiger partial charge is 0.333 e. The van der Waals surface area contributed by atoms with Crippen LogP contribution in [-0.4, -0.2) is 35.5 Å². The minimum atomic E-state index is -0.566. The van der Waals surface area contributed by atoms with Gasteiger partial charge >= 0.3 is 5.97 Å². The average molecular weight is 382 g/mol. The first-order valence-electron chi connectivity index (χ1n) is 6.74. The largest absolute Gasteiger partial charge is 0.463 e. The first-order chi connectivity index (χ1) is 8.98. The van der Waals surface area contributed by atoms with Gasteiger partial charge in [-0.3, -0.25) is 0 Å². The molecule has 4 nitrogen and oxygen atoms in total. The van der Waals surface area contributed by atoms with Crippen molar-refractivity contribution < 1.29 is 19.0 Å². The molecule has 1 fully saturated rings. The van der Waals surface area contributed by atoms with Crippen molar-refractivity contribution in [1.82, 2.24) is 0 Å². The molecule has 5 heteroatoms.